The summed E-state index contributed by atoms with van der Waals surface area (Å²) in [6.07, 6.45) is 1.08. The van der Waals surface area contributed by atoms with Crippen molar-refractivity contribution in [3.63, 3.8) is 0 Å². The number of hydrogen-bond donors (Lipinski definition) is 2. The topological polar surface area (TPSA) is 52.0 Å². The molecule has 1 aromatic rings. The van der Waals surface area contributed by atoms with Crippen LogP contribution in [0.5, 0.6) is 0 Å². The summed E-state index contributed by atoms with van der Waals surface area (Å²) in [5.74, 6) is 0. The summed E-state index contributed by atoms with van der Waals surface area (Å²) in [6, 6.07) is 5.79. The first-order chi connectivity index (χ1) is 5.95. The monoisotopic (exact) mass is 178 g/mol. The van der Waals surface area contributed by atoms with Crippen molar-refractivity contribution >= 4 is 11.4 Å². The number of hydrogen-bond acceptors (Lipinski definition) is 2. The summed E-state index contributed by atoms with van der Waals surface area (Å²) >= 11 is 0. The third kappa shape index (κ3) is 2.14. The maximum atomic E-state index is 5.73. The third-order valence-electron chi connectivity index (χ3n) is 2.64. The van der Waals surface area contributed by atoms with E-state index in [1.54, 1.807) is 6.07 Å². The number of rotatable bonds is 2. The van der Waals surface area contributed by atoms with Crippen molar-refractivity contribution in [3.8, 4) is 0 Å². The number of nitrogen functional groups attached to an aromatic ring is 2. The molecule has 0 radical (unpaired) electrons. The summed E-state index contributed by atoms with van der Waals surface area (Å²) in [5, 5.41) is 0. The molecule has 0 bridgehead atoms. The molecular weight excluding hydrogens is 160 g/mol. The van der Waals surface area contributed by atoms with Crippen LogP contribution in [-0.2, 0) is 5.41 Å². The van der Waals surface area contributed by atoms with Crippen molar-refractivity contribution in [2.24, 2.45) is 0 Å². The molecule has 0 aliphatic heterocycles. The summed E-state index contributed by atoms with van der Waals surface area (Å²) in [6.45, 7) is 6.56. The van der Waals surface area contributed by atoms with Crippen LogP contribution in [0.3, 0.4) is 0 Å². The van der Waals surface area contributed by atoms with Crippen LogP contribution in [0.4, 0.5) is 11.4 Å². The lowest BCUT2D eigenvalue weighted by Gasteiger charge is -2.24. The Kier molecular flexibility index (Phi) is 2.50. The molecule has 0 aromatic heterocycles. The molecular formula is C11H18N2. The van der Waals surface area contributed by atoms with E-state index in [9.17, 15) is 0 Å². The van der Waals surface area contributed by atoms with Crippen molar-refractivity contribution in [1.29, 1.82) is 0 Å². The highest BCUT2D eigenvalue weighted by Crippen LogP contribution is 2.29. The van der Waals surface area contributed by atoms with Crippen LogP contribution in [-0.4, -0.2) is 0 Å². The molecule has 2 nitrogen and oxygen atoms in total. The third-order valence-corrected chi connectivity index (χ3v) is 2.64. The molecule has 72 valence electrons. The van der Waals surface area contributed by atoms with Gasteiger partial charge >= 0.3 is 0 Å². The average molecular weight is 178 g/mol. The Bertz CT molecular complexity index is 283. The van der Waals surface area contributed by atoms with Gasteiger partial charge in [0.15, 0.2) is 0 Å². The van der Waals surface area contributed by atoms with Crippen LogP contribution in [0.25, 0.3) is 0 Å². The lowest BCUT2D eigenvalue weighted by Crippen LogP contribution is -2.16. The van der Waals surface area contributed by atoms with E-state index >= 15 is 0 Å². The van der Waals surface area contributed by atoms with Gasteiger partial charge in [-0.25, -0.2) is 0 Å². The van der Waals surface area contributed by atoms with Gasteiger partial charge < -0.3 is 11.5 Å². The zero-order valence-electron chi connectivity index (χ0n) is 8.59. The second-order valence-corrected chi connectivity index (χ2v) is 4.13. The van der Waals surface area contributed by atoms with E-state index in [-0.39, 0.29) is 5.41 Å². The minimum Gasteiger partial charge on any atom is -0.399 e. The fourth-order valence-electron chi connectivity index (χ4n) is 1.27. The summed E-state index contributed by atoms with van der Waals surface area (Å²) in [7, 11) is 0. The molecule has 0 amide bonds. The van der Waals surface area contributed by atoms with Gasteiger partial charge in [0.1, 0.15) is 0 Å². The summed E-state index contributed by atoms with van der Waals surface area (Å²) < 4.78 is 0. The SMILES string of the molecule is CCC(C)(C)c1cc(N)cc(N)c1. The highest BCUT2D eigenvalue weighted by atomic mass is 14.6. The van der Waals surface area contributed by atoms with E-state index < -0.39 is 0 Å². The first-order valence-electron chi connectivity index (χ1n) is 4.62. The van der Waals surface area contributed by atoms with E-state index in [4.69, 9.17) is 11.5 Å². The van der Waals surface area contributed by atoms with Gasteiger partial charge in [0.25, 0.3) is 0 Å². The van der Waals surface area contributed by atoms with Crippen LogP contribution in [0.1, 0.15) is 32.8 Å². The summed E-state index contributed by atoms with van der Waals surface area (Å²) in [4.78, 5) is 0. The van der Waals surface area contributed by atoms with Crippen molar-refractivity contribution in [3.05, 3.63) is 23.8 Å². The molecule has 0 heterocycles. The fourth-order valence-corrected chi connectivity index (χ4v) is 1.27. The largest absolute Gasteiger partial charge is 0.399 e. The van der Waals surface area contributed by atoms with Gasteiger partial charge in [0.05, 0.1) is 0 Å². The molecule has 0 atom stereocenters. The second kappa shape index (κ2) is 3.29. The second-order valence-electron chi connectivity index (χ2n) is 4.13. The normalized spacial score (nSPS) is 11.6. The van der Waals surface area contributed by atoms with Crippen molar-refractivity contribution < 1.29 is 0 Å². The zero-order chi connectivity index (χ0) is 10.1. The Balaban J connectivity index is 3.15. The standard InChI is InChI=1S/C11H18N2/c1-4-11(2,3)8-5-9(12)7-10(13)6-8/h5-7H,4,12-13H2,1-3H3. The molecule has 2 heteroatoms. The number of anilines is 2. The molecule has 0 aliphatic carbocycles. The molecule has 4 N–H and O–H groups in total. The van der Waals surface area contributed by atoms with Gasteiger partial charge in [0.2, 0.25) is 0 Å². The Morgan fingerprint density at radius 3 is 1.92 bits per heavy atom. The van der Waals surface area contributed by atoms with Crippen molar-refractivity contribution in [2.75, 3.05) is 11.5 Å². The maximum Gasteiger partial charge on any atom is 0.0337 e. The van der Waals surface area contributed by atoms with Gasteiger partial charge in [-0.2, -0.15) is 0 Å². The molecule has 0 saturated heterocycles. The van der Waals surface area contributed by atoms with E-state index in [0.717, 1.165) is 17.8 Å². The van der Waals surface area contributed by atoms with E-state index in [1.165, 1.54) is 5.56 Å². The Morgan fingerprint density at radius 2 is 1.54 bits per heavy atom. The first-order valence-corrected chi connectivity index (χ1v) is 4.62. The molecule has 0 aliphatic rings. The molecule has 1 aromatic carbocycles. The smallest absolute Gasteiger partial charge is 0.0337 e. The highest BCUT2D eigenvalue weighted by molar-refractivity contribution is 5.55. The molecule has 0 spiro atoms. The predicted molar refractivity (Wildman–Crippen MR) is 58.6 cm³/mol. The van der Waals surface area contributed by atoms with Gasteiger partial charge in [-0.1, -0.05) is 20.8 Å². The van der Waals surface area contributed by atoms with Crippen LogP contribution in [0, 0.1) is 0 Å². The summed E-state index contributed by atoms with van der Waals surface area (Å²) in [5.41, 5.74) is 14.3. The van der Waals surface area contributed by atoms with Crippen LogP contribution < -0.4 is 11.5 Å². The maximum absolute atomic E-state index is 5.73. The quantitative estimate of drug-likeness (QED) is 0.684. The molecule has 13 heavy (non-hydrogen) atoms. The zero-order valence-corrected chi connectivity index (χ0v) is 8.59. The van der Waals surface area contributed by atoms with Gasteiger partial charge in [0, 0.05) is 11.4 Å². The van der Waals surface area contributed by atoms with E-state index in [2.05, 4.69) is 20.8 Å². The first kappa shape index (κ1) is 9.90. The van der Waals surface area contributed by atoms with E-state index in [0.29, 0.717) is 0 Å². The fraction of sp³-hybridized carbons (Fsp3) is 0.455. The Hall–Kier alpha value is -1.18. The minimum atomic E-state index is 0.156. The van der Waals surface area contributed by atoms with Crippen LogP contribution >= 0.6 is 0 Å². The number of nitrogens with two attached hydrogens (primary N) is 2. The minimum absolute atomic E-state index is 0.156. The molecule has 0 fully saturated rings. The van der Waals surface area contributed by atoms with Crippen LogP contribution in [0.2, 0.25) is 0 Å². The van der Waals surface area contributed by atoms with Crippen molar-refractivity contribution in [1.82, 2.24) is 0 Å². The molecule has 0 saturated carbocycles. The van der Waals surface area contributed by atoms with Gasteiger partial charge in [-0.15, -0.1) is 0 Å². The predicted octanol–water partition coefficient (Wildman–Crippen LogP) is 2.54. The molecule has 0 unspecified atom stereocenters. The average Bonchev–Trinajstić information content (AvgIpc) is 2.02. The molecule has 1 rings (SSSR count). The Labute approximate surface area is 79.9 Å². The van der Waals surface area contributed by atoms with Gasteiger partial charge in [-0.05, 0) is 35.6 Å². The lowest BCUT2D eigenvalue weighted by molar-refractivity contribution is 0.507. The lowest BCUT2D eigenvalue weighted by atomic mass is 9.82. The van der Waals surface area contributed by atoms with E-state index in [1.807, 2.05) is 12.1 Å². The highest BCUT2D eigenvalue weighted by Gasteiger charge is 2.18. The van der Waals surface area contributed by atoms with Gasteiger partial charge in [-0.3, -0.25) is 0 Å². The number of benzene rings is 1. The Morgan fingerprint density at radius 1 is 1.08 bits per heavy atom. The van der Waals surface area contributed by atoms with Crippen LogP contribution in [0.15, 0.2) is 18.2 Å². The van der Waals surface area contributed by atoms with Crippen molar-refractivity contribution in [2.45, 2.75) is 32.6 Å².